The number of hydrogen-bond acceptors (Lipinski definition) is 4. The predicted molar refractivity (Wildman–Crippen MR) is 70.4 cm³/mol. The lowest BCUT2D eigenvalue weighted by molar-refractivity contribution is 1.29. The Bertz CT molecular complexity index is 526. The number of aryl methyl sites for hydroxylation is 2. The van der Waals surface area contributed by atoms with Crippen molar-refractivity contribution in [2.24, 2.45) is 0 Å². The highest BCUT2D eigenvalue weighted by Crippen LogP contribution is 2.21. The van der Waals surface area contributed by atoms with Gasteiger partial charge >= 0.3 is 0 Å². The van der Waals surface area contributed by atoms with Gasteiger partial charge in [0.25, 0.3) is 0 Å². The first-order chi connectivity index (χ1) is 8.19. The van der Waals surface area contributed by atoms with Crippen LogP contribution >= 0.6 is 0 Å². The Balaban J connectivity index is 2.25. The third-order valence-electron chi connectivity index (χ3n) is 2.52. The van der Waals surface area contributed by atoms with E-state index >= 15 is 0 Å². The molecule has 1 heterocycles. The van der Waals surface area contributed by atoms with Gasteiger partial charge in [-0.05, 0) is 31.5 Å². The van der Waals surface area contributed by atoms with Crippen molar-refractivity contribution in [3.8, 4) is 0 Å². The zero-order valence-electron chi connectivity index (χ0n) is 9.82. The Morgan fingerprint density at radius 2 is 1.94 bits per heavy atom. The largest absolute Gasteiger partial charge is 0.761 e. The summed E-state index contributed by atoms with van der Waals surface area (Å²) in [6.07, 6.45) is 1.59. The lowest BCUT2D eigenvalue weighted by Gasteiger charge is -2.12. The number of nitrogens with one attached hydrogen (secondary N) is 2. The molecule has 0 amide bonds. The fourth-order valence-electron chi connectivity index (χ4n) is 1.65. The quantitative estimate of drug-likeness (QED) is 0.791. The number of pyridine rings is 1. The van der Waals surface area contributed by atoms with Gasteiger partial charge in [0, 0.05) is 23.6 Å². The van der Waals surface area contributed by atoms with Gasteiger partial charge in [0.15, 0.2) is 0 Å². The molecule has 4 nitrogen and oxygen atoms in total. The zero-order chi connectivity index (χ0) is 12.3. The smallest absolute Gasteiger partial charge is 0.132 e. The summed E-state index contributed by atoms with van der Waals surface area (Å²) in [5.41, 5.74) is 5.70. The summed E-state index contributed by atoms with van der Waals surface area (Å²) in [6, 6.07) is 9.43. The standard InChI is InChI=1S/C13H14N3O/c1-9-3-4-12(10(2)7-9)15-13-8-11(16-17)5-6-14-13/h3-8H,1-2H3,(H2-,14,15,16,17)/q-1. The number of aromatic nitrogens is 1. The molecule has 4 heteroatoms. The van der Waals surface area contributed by atoms with Crippen LogP contribution in [0.4, 0.5) is 17.2 Å². The van der Waals surface area contributed by atoms with Crippen LogP contribution in [-0.4, -0.2) is 4.98 Å². The van der Waals surface area contributed by atoms with Crippen molar-refractivity contribution in [2.45, 2.75) is 13.8 Å². The molecule has 2 N–H and O–H groups in total. The number of hydrogen-bond donors (Lipinski definition) is 2. The molecule has 0 radical (unpaired) electrons. The van der Waals surface area contributed by atoms with E-state index in [9.17, 15) is 5.21 Å². The molecule has 1 aromatic carbocycles. The van der Waals surface area contributed by atoms with Crippen molar-refractivity contribution in [3.05, 3.63) is 52.9 Å². The Labute approximate surface area is 100 Å². The van der Waals surface area contributed by atoms with E-state index in [2.05, 4.69) is 23.3 Å². The first-order valence-corrected chi connectivity index (χ1v) is 5.37. The summed E-state index contributed by atoms with van der Waals surface area (Å²) in [4.78, 5) is 4.16. The van der Waals surface area contributed by atoms with E-state index in [0.29, 0.717) is 11.5 Å². The van der Waals surface area contributed by atoms with Crippen LogP contribution in [0.3, 0.4) is 0 Å². The molecular formula is C13H14N3O-. The van der Waals surface area contributed by atoms with Gasteiger partial charge in [-0.1, -0.05) is 17.7 Å². The molecular weight excluding hydrogens is 214 g/mol. The molecule has 0 atom stereocenters. The monoisotopic (exact) mass is 228 g/mol. The van der Waals surface area contributed by atoms with Crippen molar-refractivity contribution in [1.82, 2.24) is 4.98 Å². The van der Waals surface area contributed by atoms with E-state index < -0.39 is 0 Å². The Hall–Kier alpha value is -2.07. The van der Waals surface area contributed by atoms with Gasteiger partial charge in [-0.2, -0.15) is 0 Å². The highest BCUT2D eigenvalue weighted by molar-refractivity contribution is 5.63. The Morgan fingerprint density at radius 3 is 2.65 bits per heavy atom. The molecule has 0 spiro atoms. The van der Waals surface area contributed by atoms with E-state index in [1.165, 1.54) is 5.56 Å². The van der Waals surface area contributed by atoms with E-state index in [4.69, 9.17) is 0 Å². The van der Waals surface area contributed by atoms with Crippen LogP contribution in [0, 0.1) is 19.1 Å². The van der Waals surface area contributed by atoms with Crippen LogP contribution in [-0.2, 0) is 0 Å². The fraction of sp³-hybridized carbons (Fsp3) is 0.154. The topological polar surface area (TPSA) is 60.0 Å². The minimum absolute atomic E-state index is 0.493. The molecule has 2 aromatic rings. The van der Waals surface area contributed by atoms with Crippen molar-refractivity contribution < 1.29 is 0 Å². The van der Waals surface area contributed by atoms with E-state index in [1.54, 1.807) is 18.3 Å². The van der Waals surface area contributed by atoms with Crippen LogP contribution in [0.25, 0.3) is 0 Å². The van der Waals surface area contributed by atoms with Crippen LogP contribution < -0.4 is 10.8 Å². The maximum atomic E-state index is 10.5. The Morgan fingerprint density at radius 1 is 1.12 bits per heavy atom. The average Bonchev–Trinajstić information content (AvgIpc) is 2.33. The van der Waals surface area contributed by atoms with Crippen LogP contribution in [0.1, 0.15) is 11.1 Å². The predicted octanol–water partition coefficient (Wildman–Crippen LogP) is 3.35. The van der Waals surface area contributed by atoms with Crippen LogP contribution in [0.2, 0.25) is 0 Å². The van der Waals surface area contributed by atoms with Crippen LogP contribution in [0.15, 0.2) is 36.5 Å². The summed E-state index contributed by atoms with van der Waals surface area (Å²) in [5.74, 6) is 0.651. The molecule has 0 unspecified atom stereocenters. The minimum Gasteiger partial charge on any atom is -0.761 e. The summed E-state index contributed by atoms with van der Waals surface area (Å²) in [6.45, 7) is 4.09. The molecule has 17 heavy (non-hydrogen) atoms. The minimum atomic E-state index is 0.493. The number of nitrogens with zero attached hydrogens (tertiary/aromatic N) is 1. The van der Waals surface area contributed by atoms with Gasteiger partial charge in [-0.15, -0.1) is 0 Å². The van der Waals surface area contributed by atoms with Gasteiger partial charge in [-0.25, -0.2) is 4.98 Å². The van der Waals surface area contributed by atoms with Crippen molar-refractivity contribution >= 4 is 17.2 Å². The van der Waals surface area contributed by atoms with E-state index in [1.807, 2.05) is 24.5 Å². The molecule has 0 saturated heterocycles. The van der Waals surface area contributed by atoms with Gasteiger partial charge in [0.05, 0.1) is 0 Å². The van der Waals surface area contributed by atoms with Crippen LogP contribution in [0.5, 0.6) is 0 Å². The first kappa shape index (κ1) is 11.4. The molecule has 0 aliphatic carbocycles. The average molecular weight is 228 g/mol. The number of rotatable bonds is 3. The second kappa shape index (κ2) is 4.84. The van der Waals surface area contributed by atoms with E-state index in [-0.39, 0.29) is 0 Å². The highest BCUT2D eigenvalue weighted by atomic mass is 16.5. The van der Waals surface area contributed by atoms with Crippen molar-refractivity contribution in [2.75, 3.05) is 10.8 Å². The summed E-state index contributed by atoms with van der Waals surface area (Å²) in [7, 11) is 0. The summed E-state index contributed by atoms with van der Waals surface area (Å²) in [5, 5.41) is 13.7. The third kappa shape index (κ3) is 2.73. The molecule has 1 aromatic heterocycles. The molecule has 0 bridgehead atoms. The zero-order valence-corrected chi connectivity index (χ0v) is 9.82. The summed E-state index contributed by atoms with van der Waals surface area (Å²) >= 11 is 0. The second-order valence-electron chi connectivity index (χ2n) is 3.98. The van der Waals surface area contributed by atoms with Crippen molar-refractivity contribution in [1.29, 1.82) is 0 Å². The van der Waals surface area contributed by atoms with Crippen molar-refractivity contribution in [3.63, 3.8) is 0 Å². The SMILES string of the molecule is Cc1ccc(Nc2cc(N[O-])ccn2)c(C)c1. The molecule has 0 fully saturated rings. The molecule has 0 saturated carbocycles. The number of anilines is 3. The fourth-order valence-corrected chi connectivity index (χ4v) is 1.65. The normalized spacial score (nSPS) is 10.1. The number of benzene rings is 1. The highest BCUT2D eigenvalue weighted by Gasteiger charge is 2.00. The molecule has 0 aliphatic rings. The van der Waals surface area contributed by atoms with Gasteiger partial charge in [-0.3, -0.25) is 0 Å². The second-order valence-corrected chi connectivity index (χ2v) is 3.98. The van der Waals surface area contributed by atoms with Gasteiger partial charge < -0.3 is 16.0 Å². The van der Waals surface area contributed by atoms with E-state index in [0.717, 1.165) is 11.3 Å². The Kier molecular flexibility index (Phi) is 3.25. The third-order valence-corrected chi connectivity index (χ3v) is 2.52. The lowest BCUT2D eigenvalue weighted by atomic mass is 10.1. The maximum absolute atomic E-state index is 10.5. The summed E-state index contributed by atoms with van der Waals surface area (Å²) < 4.78 is 0. The van der Waals surface area contributed by atoms with Gasteiger partial charge in [0.1, 0.15) is 5.82 Å². The lowest BCUT2D eigenvalue weighted by Crippen LogP contribution is -1.97. The molecule has 88 valence electrons. The molecule has 0 aliphatic heterocycles. The van der Waals surface area contributed by atoms with Gasteiger partial charge in [0.2, 0.25) is 0 Å². The maximum Gasteiger partial charge on any atom is 0.132 e. The molecule has 2 rings (SSSR count). The first-order valence-electron chi connectivity index (χ1n) is 5.37.